The number of hydrogen-bond donors (Lipinski definition) is 4. The Morgan fingerprint density at radius 2 is 2.27 bits per heavy atom. The maximum absolute atomic E-state index is 15.1. The zero-order valence-corrected chi connectivity index (χ0v) is 14.3. The normalized spacial score (nSPS) is 28.3. The van der Waals surface area contributed by atoms with E-state index >= 15 is 4.39 Å². The summed E-state index contributed by atoms with van der Waals surface area (Å²) in [5, 5.41) is 24.5. The van der Waals surface area contributed by atoms with E-state index in [1.807, 2.05) is 0 Å². The second-order valence-electron chi connectivity index (χ2n) is 5.89. The lowest BCUT2D eigenvalue weighted by molar-refractivity contribution is -0.0566. The summed E-state index contributed by atoms with van der Waals surface area (Å²) in [6.45, 7) is 0.618. The molecule has 1 amide bonds. The van der Waals surface area contributed by atoms with Gasteiger partial charge in [-0.05, 0) is 6.92 Å². The van der Waals surface area contributed by atoms with E-state index in [9.17, 15) is 15.0 Å². The molecule has 4 atom stereocenters. The number of carbonyl (C=O) groups excluding carboxylic acids is 1. The number of aliphatic hydroxyl groups is 2. The number of nitrogens with zero attached hydrogens (tertiary/aromatic N) is 4. The molecule has 0 spiro atoms. The summed E-state index contributed by atoms with van der Waals surface area (Å²) in [7, 11) is 2.79. The molecule has 1 aliphatic heterocycles. The zero-order valence-electron chi connectivity index (χ0n) is 14.3. The standard InChI is InChI=1S/C14H19FN6O5/c1-14(15)8(23)6(4-22)26-11(14)21-5-17-7-9(16-2)18-12(19-10(7)21)20-13(24)25-3/h5-6,8,11,22-23H,4H2,1-3H3,(H2,16,18,19,20,24)/t6-,8-,11-,14-/m1/s1. The molecule has 0 radical (unpaired) electrons. The Balaban J connectivity index is 2.09. The van der Waals surface area contributed by atoms with Crippen molar-refractivity contribution in [2.24, 2.45) is 0 Å². The first-order valence-corrected chi connectivity index (χ1v) is 7.74. The number of nitrogens with one attached hydrogen (secondary N) is 2. The van der Waals surface area contributed by atoms with Crippen molar-refractivity contribution in [2.45, 2.75) is 31.0 Å². The first-order valence-electron chi connectivity index (χ1n) is 7.74. The number of rotatable bonds is 4. The third-order valence-corrected chi connectivity index (χ3v) is 4.21. The fourth-order valence-corrected chi connectivity index (χ4v) is 2.82. The SMILES string of the molecule is CNc1nc(NC(=O)OC)nc2c1ncn2[C@@H]1O[C@H](CO)[C@@H](O)[C@@]1(C)F. The van der Waals surface area contributed by atoms with E-state index in [1.165, 1.54) is 18.0 Å². The van der Waals surface area contributed by atoms with Crippen LogP contribution >= 0.6 is 0 Å². The number of aromatic nitrogens is 4. The van der Waals surface area contributed by atoms with Crippen molar-refractivity contribution in [1.82, 2.24) is 19.5 Å². The lowest BCUT2D eigenvalue weighted by atomic mass is 9.98. The Morgan fingerprint density at radius 1 is 1.54 bits per heavy atom. The number of aliphatic hydroxyl groups excluding tert-OH is 2. The average molecular weight is 370 g/mol. The second kappa shape index (κ2) is 6.63. The van der Waals surface area contributed by atoms with Gasteiger partial charge >= 0.3 is 6.09 Å². The Labute approximate surface area is 147 Å². The lowest BCUT2D eigenvalue weighted by Gasteiger charge is -2.24. The molecule has 1 fully saturated rings. The van der Waals surface area contributed by atoms with Crippen LogP contribution in [-0.2, 0) is 9.47 Å². The van der Waals surface area contributed by atoms with E-state index in [4.69, 9.17) is 4.74 Å². The van der Waals surface area contributed by atoms with Crippen LogP contribution in [0.5, 0.6) is 0 Å². The molecule has 142 valence electrons. The minimum Gasteiger partial charge on any atom is -0.453 e. The highest BCUT2D eigenvalue weighted by Gasteiger charge is 2.55. The van der Waals surface area contributed by atoms with E-state index in [1.54, 1.807) is 7.05 Å². The van der Waals surface area contributed by atoms with Crippen LogP contribution in [0.4, 0.5) is 21.0 Å². The Hall–Kier alpha value is -2.57. The summed E-state index contributed by atoms with van der Waals surface area (Å²) < 4.78 is 26.3. The summed E-state index contributed by atoms with van der Waals surface area (Å²) in [4.78, 5) is 23.8. The van der Waals surface area contributed by atoms with Crippen LogP contribution in [0.2, 0.25) is 0 Å². The largest absolute Gasteiger partial charge is 0.453 e. The van der Waals surface area contributed by atoms with Gasteiger partial charge in [0.05, 0.1) is 20.0 Å². The predicted molar refractivity (Wildman–Crippen MR) is 87.4 cm³/mol. The van der Waals surface area contributed by atoms with E-state index in [0.29, 0.717) is 5.52 Å². The van der Waals surface area contributed by atoms with Crippen LogP contribution < -0.4 is 10.6 Å². The lowest BCUT2D eigenvalue weighted by Crippen LogP contribution is -2.40. The third kappa shape index (κ3) is 2.81. The number of amides is 1. The van der Waals surface area contributed by atoms with Crippen LogP contribution in [-0.4, -0.2) is 74.5 Å². The quantitative estimate of drug-likeness (QED) is 0.585. The highest BCUT2D eigenvalue weighted by Crippen LogP contribution is 2.42. The first kappa shape index (κ1) is 18.2. The number of imidazole rings is 1. The smallest absolute Gasteiger partial charge is 0.413 e. The summed E-state index contributed by atoms with van der Waals surface area (Å²) in [6, 6.07) is 0. The summed E-state index contributed by atoms with van der Waals surface area (Å²) in [6.07, 6.45) is -3.40. The fourth-order valence-electron chi connectivity index (χ4n) is 2.82. The van der Waals surface area contributed by atoms with E-state index in [-0.39, 0.29) is 17.4 Å². The number of anilines is 2. The molecule has 4 N–H and O–H groups in total. The molecule has 0 saturated carbocycles. The molecule has 3 rings (SSSR count). The van der Waals surface area contributed by atoms with Gasteiger partial charge in [0.25, 0.3) is 0 Å². The average Bonchev–Trinajstić information content (AvgIpc) is 3.13. The molecule has 2 aromatic heterocycles. The van der Waals surface area contributed by atoms with Crippen molar-refractivity contribution in [1.29, 1.82) is 0 Å². The molecule has 0 aliphatic carbocycles. The number of ether oxygens (including phenoxy) is 2. The minimum absolute atomic E-state index is 0.0896. The monoisotopic (exact) mass is 370 g/mol. The minimum atomic E-state index is -2.21. The van der Waals surface area contributed by atoms with Gasteiger partial charge in [-0.1, -0.05) is 0 Å². The van der Waals surface area contributed by atoms with E-state index < -0.39 is 36.8 Å². The summed E-state index contributed by atoms with van der Waals surface area (Å²) >= 11 is 0. The van der Waals surface area contributed by atoms with Crippen LogP contribution in [0, 0.1) is 0 Å². The maximum atomic E-state index is 15.1. The third-order valence-electron chi connectivity index (χ3n) is 4.21. The molecule has 1 saturated heterocycles. The second-order valence-corrected chi connectivity index (χ2v) is 5.89. The molecule has 11 nitrogen and oxygen atoms in total. The van der Waals surface area contributed by atoms with Gasteiger partial charge in [0.2, 0.25) is 5.95 Å². The number of carbonyl (C=O) groups is 1. The molecule has 0 bridgehead atoms. The molecule has 0 unspecified atom stereocenters. The van der Waals surface area contributed by atoms with E-state index in [0.717, 1.165) is 6.92 Å². The van der Waals surface area contributed by atoms with Crippen LogP contribution in [0.25, 0.3) is 11.2 Å². The maximum Gasteiger partial charge on any atom is 0.413 e. The molecule has 2 aromatic rings. The number of methoxy groups -OCH3 is 1. The van der Waals surface area contributed by atoms with Gasteiger partial charge < -0.3 is 25.0 Å². The number of fused-ring (bicyclic) bond motifs is 1. The van der Waals surface area contributed by atoms with Crippen molar-refractivity contribution in [3.8, 4) is 0 Å². The molecule has 1 aliphatic rings. The highest BCUT2D eigenvalue weighted by atomic mass is 19.1. The molecule has 26 heavy (non-hydrogen) atoms. The Morgan fingerprint density at radius 3 is 2.85 bits per heavy atom. The van der Waals surface area contributed by atoms with Gasteiger partial charge in [-0.3, -0.25) is 9.88 Å². The summed E-state index contributed by atoms with van der Waals surface area (Å²) in [5.41, 5.74) is -1.73. The molecule has 12 heteroatoms. The van der Waals surface area contributed by atoms with Gasteiger partial charge in [-0.15, -0.1) is 0 Å². The van der Waals surface area contributed by atoms with Gasteiger partial charge in [0.15, 0.2) is 28.9 Å². The van der Waals surface area contributed by atoms with Crippen LogP contribution in [0.1, 0.15) is 13.2 Å². The molecule has 3 heterocycles. The van der Waals surface area contributed by atoms with Crippen molar-refractivity contribution >= 4 is 29.0 Å². The van der Waals surface area contributed by atoms with Crippen molar-refractivity contribution in [2.75, 3.05) is 31.4 Å². The first-order chi connectivity index (χ1) is 12.3. The number of alkyl halides is 1. The molecular formula is C14H19FN6O5. The van der Waals surface area contributed by atoms with Gasteiger partial charge in [0, 0.05) is 7.05 Å². The fraction of sp³-hybridized carbons (Fsp3) is 0.571. The summed E-state index contributed by atoms with van der Waals surface area (Å²) in [5.74, 6) is 0.200. The van der Waals surface area contributed by atoms with Crippen LogP contribution in [0.15, 0.2) is 6.33 Å². The van der Waals surface area contributed by atoms with E-state index in [2.05, 4.69) is 30.3 Å². The van der Waals surface area contributed by atoms with Crippen molar-refractivity contribution in [3.63, 3.8) is 0 Å². The van der Waals surface area contributed by atoms with Crippen molar-refractivity contribution in [3.05, 3.63) is 6.33 Å². The Bertz CT molecular complexity index is 828. The van der Waals surface area contributed by atoms with Gasteiger partial charge in [-0.25, -0.2) is 14.2 Å². The number of halogens is 1. The predicted octanol–water partition coefficient (Wildman–Crippen LogP) is 0.0251. The Kier molecular flexibility index (Phi) is 4.64. The molecular weight excluding hydrogens is 351 g/mol. The zero-order chi connectivity index (χ0) is 19.1. The topological polar surface area (TPSA) is 144 Å². The van der Waals surface area contributed by atoms with Gasteiger partial charge in [-0.2, -0.15) is 9.97 Å². The number of hydrogen-bond acceptors (Lipinski definition) is 9. The van der Waals surface area contributed by atoms with Crippen LogP contribution in [0.3, 0.4) is 0 Å². The highest BCUT2D eigenvalue weighted by molar-refractivity contribution is 5.88. The van der Waals surface area contributed by atoms with Crippen molar-refractivity contribution < 1.29 is 28.9 Å². The van der Waals surface area contributed by atoms with Gasteiger partial charge in [0.1, 0.15) is 12.2 Å². The molecule has 0 aromatic carbocycles.